The molecule has 0 aliphatic rings. The van der Waals surface area contributed by atoms with Gasteiger partial charge < -0.3 is 4.90 Å². The standard InChI is InChI=1S/C8H9N5O/c1-13(2)5-10-8-6(3-9)11-12-7(8)4-14/h4-5H,1-2H3,(H,11,12). The SMILES string of the molecule is CN(C)C=Nc1c(C#N)n[nH]c1C=O. The molecule has 0 aromatic carbocycles. The Kier molecular flexibility index (Phi) is 2.97. The van der Waals surface area contributed by atoms with Crippen LogP contribution in [-0.4, -0.2) is 41.8 Å². The van der Waals surface area contributed by atoms with Crippen LogP contribution >= 0.6 is 0 Å². The first-order chi connectivity index (χ1) is 6.69. The maximum absolute atomic E-state index is 10.5. The van der Waals surface area contributed by atoms with Gasteiger partial charge >= 0.3 is 0 Å². The van der Waals surface area contributed by atoms with Crippen LogP contribution in [-0.2, 0) is 0 Å². The van der Waals surface area contributed by atoms with Gasteiger partial charge in [-0.05, 0) is 0 Å². The van der Waals surface area contributed by atoms with Gasteiger partial charge in [-0.25, -0.2) is 4.99 Å². The Morgan fingerprint density at radius 2 is 2.36 bits per heavy atom. The van der Waals surface area contributed by atoms with Crippen LogP contribution in [0.2, 0.25) is 0 Å². The highest BCUT2D eigenvalue weighted by Crippen LogP contribution is 2.18. The van der Waals surface area contributed by atoms with E-state index in [1.165, 1.54) is 6.34 Å². The predicted molar refractivity (Wildman–Crippen MR) is 50.5 cm³/mol. The number of rotatable bonds is 3. The van der Waals surface area contributed by atoms with Crippen molar-refractivity contribution in [2.24, 2.45) is 4.99 Å². The average Bonchev–Trinajstić information content (AvgIpc) is 2.56. The summed E-state index contributed by atoms with van der Waals surface area (Å²) in [6.07, 6.45) is 2.08. The molecule has 1 rings (SSSR count). The van der Waals surface area contributed by atoms with Crippen molar-refractivity contribution in [2.45, 2.75) is 0 Å². The summed E-state index contributed by atoms with van der Waals surface area (Å²) in [4.78, 5) is 16.2. The maximum atomic E-state index is 10.5. The van der Waals surface area contributed by atoms with Crippen molar-refractivity contribution in [3.05, 3.63) is 11.4 Å². The van der Waals surface area contributed by atoms with Crippen molar-refractivity contribution in [3.8, 4) is 6.07 Å². The minimum Gasteiger partial charge on any atom is -0.369 e. The molecule has 0 fully saturated rings. The molecule has 0 unspecified atom stereocenters. The molecule has 6 heteroatoms. The molecule has 72 valence electrons. The van der Waals surface area contributed by atoms with Crippen molar-refractivity contribution >= 4 is 18.3 Å². The van der Waals surface area contributed by atoms with E-state index in [1.807, 2.05) is 6.07 Å². The van der Waals surface area contributed by atoms with E-state index in [0.29, 0.717) is 6.29 Å². The molecule has 1 aromatic heterocycles. The highest BCUT2D eigenvalue weighted by atomic mass is 16.1. The van der Waals surface area contributed by atoms with E-state index in [4.69, 9.17) is 5.26 Å². The van der Waals surface area contributed by atoms with Gasteiger partial charge in [0.25, 0.3) is 0 Å². The summed E-state index contributed by atoms with van der Waals surface area (Å²) in [5, 5.41) is 14.7. The first kappa shape index (κ1) is 9.92. The maximum Gasteiger partial charge on any atom is 0.188 e. The summed E-state index contributed by atoms with van der Waals surface area (Å²) in [5.41, 5.74) is 0.598. The summed E-state index contributed by atoms with van der Waals surface area (Å²) < 4.78 is 0. The lowest BCUT2D eigenvalue weighted by Crippen LogP contribution is -2.07. The van der Waals surface area contributed by atoms with Gasteiger partial charge in [0.15, 0.2) is 12.0 Å². The fourth-order valence-corrected chi connectivity index (χ4v) is 0.814. The number of aromatic amines is 1. The molecule has 0 spiro atoms. The summed E-state index contributed by atoms with van der Waals surface area (Å²) in [5.74, 6) is 0. The van der Waals surface area contributed by atoms with Gasteiger partial charge in [0.05, 0.1) is 6.34 Å². The fourth-order valence-electron chi connectivity index (χ4n) is 0.814. The second-order valence-electron chi connectivity index (χ2n) is 2.77. The molecule has 1 aromatic rings. The van der Waals surface area contributed by atoms with Crippen LogP contribution < -0.4 is 0 Å². The lowest BCUT2D eigenvalue weighted by Gasteiger charge is -2.01. The molecular formula is C8H9N5O. The second-order valence-corrected chi connectivity index (χ2v) is 2.77. The van der Waals surface area contributed by atoms with Crippen molar-refractivity contribution in [3.63, 3.8) is 0 Å². The number of carbonyl (C=O) groups excluding carboxylic acids is 1. The van der Waals surface area contributed by atoms with Crippen LogP contribution in [0.4, 0.5) is 5.69 Å². The molecule has 0 saturated carbocycles. The van der Waals surface area contributed by atoms with E-state index in [9.17, 15) is 4.79 Å². The molecule has 0 radical (unpaired) electrons. The lowest BCUT2D eigenvalue weighted by atomic mass is 10.3. The monoisotopic (exact) mass is 191 g/mol. The largest absolute Gasteiger partial charge is 0.369 e. The molecule has 0 bridgehead atoms. The van der Waals surface area contributed by atoms with E-state index in [1.54, 1.807) is 19.0 Å². The smallest absolute Gasteiger partial charge is 0.188 e. The molecule has 0 aliphatic heterocycles. The molecular weight excluding hydrogens is 182 g/mol. The summed E-state index contributed by atoms with van der Waals surface area (Å²) >= 11 is 0. The number of aliphatic imine (C=N–C) groups is 1. The Labute approximate surface area is 80.9 Å². The second kappa shape index (κ2) is 4.18. The van der Waals surface area contributed by atoms with Crippen molar-refractivity contribution in [2.75, 3.05) is 14.1 Å². The van der Waals surface area contributed by atoms with Gasteiger partial charge in [-0.1, -0.05) is 0 Å². The number of aromatic nitrogens is 2. The van der Waals surface area contributed by atoms with E-state index < -0.39 is 0 Å². The third-order valence-electron chi connectivity index (χ3n) is 1.41. The Balaban J connectivity index is 3.10. The van der Waals surface area contributed by atoms with Gasteiger partial charge in [-0.2, -0.15) is 10.4 Å². The number of nitriles is 1. The molecule has 0 saturated heterocycles. The number of nitrogens with one attached hydrogen (secondary N) is 1. The zero-order valence-corrected chi connectivity index (χ0v) is 7.85. The molecule has 6 nitrogen and oxygen atoms in total. The number of hydrogen-bond acceptors (Lipinski definition) is 4. The zero-order valence-electron chi connectivity index (χ0n) is 7.85. The highest BCUT2D eigenvalue weighted by Gasteiger charge is 2.10. The number of H-pyrrole nitrogens is 1. The highest BCUT2D eigenvalue weighted by molar-refractivity contribution is 5.83. The topological polar surface area (TPSA) is 85.1 Å². The molecule has 0 amide bonds. The quantitative estimate of drug-likeness (QED) is 0.423. The summed E-state index contributed by atoms with van der Waals surface area (Å²) in [7, 11) is 3.58. The molecule has 1 heterocycles. The van der Waals surface area contributed by atoms with Gasteiger partial charge in [0.2, 0.25) is 0 Å². The third-order valence-corrected chi connectivity index (χ3v) is 1.41. The van der Waals surface area contributed by atoms with Crippen molar-refractivity contribution in [1.29, 1.82) is 5.26 Å². The average molecular weight is 191 g/mol. The Morgan fingerprint density at radius 3 is 2.86 bits per heavy atom. The van der Waals surface area contributed by atoms with Crippen LogP contribution in [0.1, 0.15) is 16.2 Å². The first-order valence-electron chi connectivity index (χ1n) is 3.83. The van der Waals surface area contributed by atoms with Gasteiger partial charge in [-0.15, -0.1) is 0 Å². The van der Waals surface area contributed by atoms with Crippen LogP contribution in [0.3, 0.4) is 0 Å². The lowest BCUT2D eigenvalue weighted by molar-refractivity contribution is 0.111. The van der Waals surface area contributed by atoms with Crippen molar-refractivity contribution < 1.29 is 4.79 Å². The Hall–Kier alpha value is -2.16. The Morgan fingerprint density at radius 1 is 1.64 bits per heavy atom. The summed E-state index contributed by atoms with van der Waals surface area (Å²) in [6.45, 7) is 0. The number of hydrogen-bond donors (Lipinski definition) is 1. The molecule has 0 aliphatic carbocycles. The number of nitrogens with zero attached hydrogens (tertiary/aromatic N) is 4. The minimum atomic E-state index is 0.116. The molecule has 14 heavy (non-hydrogen) atoms. The normalized spacial score (nSPS) is 10.1. The van der Waals surface area contributed by atoms with E-state index >= 15 is 0 Å². The molecule has 0 atom stereocenters. The van der Waals surface area contributed by atoms with E-state index in [-0.39, 0.29) is 17.1 Å². The molecule has 1 N–H and O–H groups in total. The predicted octanol–water partition coefficient (Wildman–Crippen LogP) is 0.315. The summed E-state index contributed by atoms with van der Waals surface area (Å²) in [6, 6.07) is 1.84. The van der Waals surface area contributed by atoms with Gasteiger partial charge in [0.1, 0.15) is 17.5 Å². The first-order valence-corrected chi connectivity index (χ1v) is 3.83. The Bertz CT molecular complexity index is 398. The van der Waals surface area contributed by atoms with Crippen LogP contribution in [0.15, 0.2) is 4.99 Å². The van der Waals surface area contributed by atoms with Crippen LogP contribution in [0.5, 0.6) is 0 Å². The van der Waals surface area contributed by atoms with Crippen LogP contribution in [0.25, 0.3) is 0 Å². The minimum absolute atomic E-state index is 0.116. The number of carbonyl (C=O) groups is 1. The van der Waals surface area contributed by atoms with Crippen LogP contribution in [0, 0.1) is 11.3 Å². The van der Waals surface area contributed by atoms with Crippen molar-refractivity contribution in [1.82, 2.24) is 15.1 Å². The third kappa shape index (κ3) is 1.95. The number of aldehydes is 1. The van der Waals surface area contributed by atoms with E-state index in [2.05, 4.69) is 15.2 Å². The van der Waals surface area contributed by atoms with Gasteiger partial charge in [-0.3, -0.25) is 9.89 Å². The zero-order chi connectivity index (χ0) is 10.6. The van der Waals surface area contributed by atoms with Gasteiger partial charge in [0, 0.05) is 14.1 Å². The fraction of sp³-hybridized carbons (Fsp3) is 0.250. The van der Waals surface area contributed by atoms with E-state index in [0.717, 1.165) is 0 Å².